The fraction of sp³-hybridized carbons (Fsp3) is 0.565. The highest BCUT2D eigenvalue weighted by Gasteiger charge is 2.30. The van der Waals surface area contributed by atoms with Gasteiger partial charge in [0.2, 0.25) is 0 Å². The van der Waals surface area contributed by atoms with Crippen molar-refractivity contribution in [1.82, 2.24) is 10.2 Å². The fourth-order valence-electron chi connectivity index (χ4n) is 4.25. The quantitative estimate of drug-likeness (QED) is 0.712. The Bertz CT molecular complexity index is 683. The van der Waals surface area contributed by atoms with Crippen molar-refractivity contribution >= 4 is 0 Å². The lowest BCUT2D eigenvalue weighted by Gasteiger charge is -2.31. The van der Waals surface area contributed by atoms with Crippen LogP contribution in [-0.4, -0.2) is 37.6 Å². The Hall–Kier alpha value is -1.59. The van der Waals surface area contributed by atoms with Gasteiger partial charge in [-0.25, -0.2) is 0 Å². The molecule has 1 aromatic carbocycles. The van der Waals surface area contributed by atoms with E-state index in [2.05, 4.69) is 42.3 Å². The van der Waals surface area contributed by atoms with E-state index in [1.807, 2.05) is 0 Å². The summed E-state index contributed by atoms with van der Waals surface area (Å²) >= 11 is 0. The summed E-state index contributed by atoms with van der Waals surface area (Å²) in [7, 11) is 0. The van der Waals surface area contributed by atoms with Crippen molar-refractivity contribution in [3.8, 4) is 0 Å². The van der Waals surface area contributed by atoms with Gasteiger partial charge in [-0.1, -0.05) is 44.2 Å². The first-order valence-corrected chi connectivity index (χ1v) is 10.4. The molecule has 2 atom stereocenters. The summed E-state index contributed by atoms with van der Waals surface area (Å²) in [6.07, 6.45) is 4.75. The number of hydrogen-bond donors (Lipinski definition) is 1. The monoisotopic (exact) mass is 392 g/mol. The van der Waals surface area contributed by atoms with Gasteiger partial charge in [-0.2, -0.15) is 13.2 Å². The highest BCUT2D eigenvalue weighted by atomic mass is 19.4. The third-order valence-electron chi connectivity index (χ3n) is 6.10. The Morgan fingerprint density at radius 1 is 1.11 bits per heavy atom. The molecule has 1 heterocycles. The zero-order chi connectivity index (χ0) is 20.1. The molecule has 2 aliphatic rings. The Balaban J connectivity index is 1.48. The topological polar surface area (TPSA) is 15.3 Å². The molecule has 0 radical (unpaired) electrons. The summed E-state index contributed by atoms with van der Waals surface area (Å²) in [6.45, 7) is 9.82. The molecular formula is C23H31F3N2. The van der Waals surface area contributed by atoms with Gasteiger partial charge in [0.25, 0.3) is 0 Å². The number of allylic oxidation sites excluding steroid dienone is 2. The zero-order valence-electron chi connectivity index (χ0n) is 16.8. The molecule has 1 N–H and O–H groups in total. The minimum absolute atomic E-state index is 0.129. The average Bonchev–Trinajstić information content (AvgIpc) is 2.68. The predicted octanol–water partition coefficient (Wildman–Crippen LogP) is 5.24. The Labute approximate surface area is 166 Å². The minimum atomic E-state index is -4.28. The van der Waals surface area contributed by atoms with Crippen LogP contribution in [-0.2, 0) is 6.18 Å². The van der Waals surface area contributed by atoms with Gasteiger partial charge in [-0.3, -0.25) is 0 Å². The van der Waals surface area contributed by atoms with E-state index in [1.54, 1.807) is 12.1 Å². The molecule has 2 nitrogen and oxygen atoms in total. The Kier molecular flexibility index (Phi) is 7.00. The van der Waals surface area contributed by atoms with Gasteiger partial charge >= 0.3 is 6.18 Å². The van der Waals surface area contributed by atoms with Gasteiger partial charge in [0, 0.05) is 12.5 Å². The van der Waals surface area contributed by atoms with Crippen LogP contribution in [0.3, 0.4) is 0 Å². The first kappa shape index (κ1) is 21.1. The summed E-state index contributed by atoms with van der Waals surface area (Å²) in [6, 6.07) is 5.57. The normalized spacial score (nSPS) is 24.4. The van der Waals surface area contributed by atoms with Crippen LogP contribution in [0.5, 0.6) is 0 Å². The van der Waals surface area contributed by atoms with Crippen LogP contribution in [0.25, 0.3) is 0 Å². The number of hydrogen-bond acceptors (Lipinski definition) is 2. The van der Waals surface area contributed by atoms with E-state index >= 15 is 0 Å². The lowest BCUT2D eigenvalue weighted by Crippen LogP contribution is -2.37. The molecule has 0 spiro atoms. The number of alkyl halides is 3. The molecule has 3 rings (SSSR count). The van der Waals surface area contributed by atoms with Crippen molar-refractivity contribution in [3.63, 3.8) is 0 Å². The second-order valence-electron chi connectivity index (χ2n) is 8.11. The van der Waals surface area contributed by atoms with Gasteiger partial charge in [0.05, 0.1) is 5.56 Å². The van der Waals surface area contributed by atoms with Crippen molar-refractivity contribution in [1.29, 1.82) is 0 Å². The van der Waals surface area contributed by atoms with E-state index in [9.17, 15) is 13.2 Å². The van der Waals surface area contributed by atoms with Crippen LogP contribution in [0.2, 0.25) is 0 Å². The molecule has 0 saturated carbocycles. The molecule has 0 amide bonds. The van der Waals surface area contributed by atoms with E-state index in [-0.39, 0.29) is 11.8 Å². The minimum Gasteiger partial charge on any atom is -0.312 e. The van der Waals surface area contributed by atoms with E-state index in [0.29, 0.717) is 0 Å². The van der Waals surface area contributed by atoms with Crippen LogP contribution >= 0.6 is 0 Å². The van der Waals surface area contributed by atoms with Gasteiger partial charge < -0.3 is 10.2 Å². The van der Waals surface area contributed by atoms with Gasteiger partial charge in [-0.05, 0) is 74.1 Å². The summed E-state index contributed by atoms with van der Waals surface area (Å²) < 4.78 is 38.2. The van der Waals surface area contributed by atoms with Gasteiger partial charge in [0.15, 0.2) is 0 Å². The Morgan fingerprint density at radius 3 is 2.36 bits per heavy atom. The van der Waals surface area contributed by atoms with Crippen molar-refractivity contribution in [3.05, 3.63) is 59.2 Å². The number of piperidine rings is 1. The summed E-state index contributed by atoms with van der Waals surface area (Å²) in [5.74, 6) is 1.16. The molecule has 28 heavy (non-hydrogen) atoms. The van der Waals surface area contributed by atoms with Crippen LogP contribution in [0.4, 0.5) is 13.2 Å². The molecule has 1 aliphatic heterocycles. The van der Waals surface area contributed by atoms with Crippen molar-refractivity contribution in [2.24, 2.45) is 11.8 Å². The maximum atomic E-state index is 12.7. The molecule has 1 fully saturated rings. The Morgan fingerprint density at radius 2 is 1.79 bits per heavy atom. The molecule has 5 heteroatoms. The lowest BCUT2D eigenvalue weighted by molar-refractivity contribution is -0.137. The molecule has 0 aromatic heterocycles. The number of rotatable bonds is 6. The summed E-state index contributed by atoms with van der Waals surface area (Å²) in [4.78, 5) is 2.51. The van der Waals surface area contributed by atoms with Crippen molar-refractivity contribution < 1.29 is 13.2 Å². The van der Waals surface area contributed by atoms with Gasteiger partial charge in [-0.15, -0.1) is 0 Å². The first-order valence-electron chi connectivity index (χ1n) is 10.4. The first-order chi connectivity index (χ1) is 13.4. The number of nitrogens with zero attached hydrogens (tertiary/aromatic N) is 1. The SMILES string of the molecule is CCN1CCC(CNCC2=CC(C)C(c3ccc(C(F)(F)F)cc3)C=C2)CC1. The maximum Gasteiger partial charge on any atom is 0.416 e. The third kappa shape index (κ3) is 5.48. The smallest absolute Gasteiger partial charge is 0.312 e. The van der Waals surface area contributed by atoms with Crippen molar-refractivity contribution in [2.75, 3.05) is 32.7 Å². The fourth-order valence-corrected chi connectivity index (χ4v) is 4.25. The van der Waals surface area contributed by atoms with Crippen LogP contribution in [0, 0.1) is 11.8 Å². The van der Waals surface area contributed by atoms with E-state index in [1.165, 1.54) is 43.6 Å². The second-order valence-corrected chi connectivity index (χ2v) is 8.11. The number of benzene rings is 1. The molecule has 0 bridgehead atoms. The van der Waals surface area contributed by atoms with E-state index in [0.717, 1.165) is 31.1 Å². The zero-order valence-corrected chi connectivity index (χ0v) is 16.8. The predicted molar refractivity (Wildman–Crippen MR) is 108 cm³/mol. The third-order valence-corrected chi connectivity index (χ3v) is 6.10. The molecular weight excluding hydrogens is 361 g/mol. The van der Waals surface area contributed by atoms with Gasteiger partial charge in [0.1, 0.15) is 0 Å². The largest absolute Gasteiger partial charge is 0.416 e. The summed E-state index contributed by atoms with van der Waals surface area (Å²) in [5.41, 5.74) is 1.61. The number of nitrogens with one attached hydrogen (secondary N) is 1. The molecule has 1 aromatic rings. The standard InChI is InChI=1S/C23H31F3N2/c1-3-28-12-10-18(11-13-28)15-27-16-19-4-9-22(17(2)14-19)20-5-7-21(8-6-20)23(24,25)26/h4-9,14,17-18,22,27H,3,10-13,15-16H2,1-2H3. The van der Waals surface area contributed by atoms with Crippen LogP contribution < -0.4 is 5.32 Å². The number of likely N-dealkylation sites (tertiary alicyclic amines) is 1. The average molecular weight is 393 g/mol. The summed E-state index contributed by atoms with van der Waals surface area (Å²) in [5, 5.41) is 3.59. The lowest BCUT2D eigenvalue weighted by atomic mass is 9.82. The highest BCUT2D eigenvalue weighted by molar-refractivity contribution is 5.36. The molecule has 1 aliphatic carbocycles. The number of halogens is 3. The second kappa shape index (κ2) is 9.27. The molecule has 2 unspecified atom stereocenters. The highest BCUT2D eigenvalue weighted by Crippen LogP contribution is 2.34. The van der Waals surface area contributed by atoms with E-state index in [4.69, 9.17) is 0 Å². The van der Waals surface area contributed by atoms with E-state index < -0.39 is 11.7 Å². The molecule has 1 saturated heterocycles. The van der Waals surface area contributed by atoms with Crippen molar-refractivity contribution in [2.45, 2.75) is 38.8 Å². The van der Waals surface area contributed by atoms with Crippen LogP contribution in [0.1, 0.15) is 43.7 Å². The maximum absolute atomic E-state index is 12.7. The molecule has 154 valence electrons. The van der Waals surface area contributed by atoms with Crippen LogP contribution in [0.15, 0.2) is 48.1 Å².